The van der Waals surface area contributed by atoms with Crippen LogP contribution >= 0.6 is 11.6 Å². The molecule has 2 heterocycles. The number of nitrogens with two attached hydrogens (primary N) is 1. The minimum Gasteiger partial charge on any atom is -0.444 e. The second kappa shape index (κ2) is 6.92. The van der Waals surface area contributed by atoms with Gasteiger partial charge in [-0.15, -0.1) is 0 Å². The Balaban J connectivity index is 2.18. The van der Waals surface area contributed by atoms with Crippen molar-refractivity contribution in [2.24, 2.45) is 18.2 Å². The molecule has 1 fully saturated rings. The van der Waals surface area contributed by atoms with Gasteiger partial charge in [0.15, 0.2) is 0 Å². The largest absolute Gasteiger partial charge is 0.444 e. The van der Waals surface area contributed by atoms with E-state index in [1.165, 1.54) is 0 Å². The van der Waals surface area contributed by atoms with Crippen molar-refractivity contribution in [3.63, 3.8) is 0 Å². The number of hydrogen-bond acceptors (Lipinski definition) is 4. The van der Waals surface area contributed by atoms with Crippen molar-refractivity contribution >= 4 is 17.7 Å². The smallest absolute Gasteiger partial charge is 0.410 e. The van der Waals surface area contributed by atoms with Crippen molar-refractivity contribution in [1.82, 2.24) is 14.7 Å². The molecule has 1 saturated heterocycles. The van der Waals surface area contributed by atoms with E-state index in [9.17, 15) is 4.79 Å². The van der Waals surface area contributed by atoms with Crippen LogP contribution in [0.2, 0.25) is 5.15 Å². The highest BCUT2D eigenvalue weighted by Gasteiger charge is 2.39. The number of aromatic nitrogens is 2. The Hall–Kier alpha value is -1.27. The molecule has 6 nitrogen and oxygen atoms in total. The fraction of sp³-hybridized carbons (Fsp3) is 0.765. The zero-order chi connectivity index (χ0) is 18.1. The van der Waals surface area contributed by atoms with Crippen molar-refractivity contribution in [2.45, 2.75) is 52.6 Å². The summed E-state index contributed by atoms with van der Waals surface area (Å²) < 4.78 is 7.21. The van der Waals surface area contributed by atoms with Crippen LogP contribution in [0.15, 0.2) is 0 Å². The first-order chi connectivity index (χ1) is 11.1. The summed E-state index contributed by atoms with van der Waals surface area (Å²) in [5.41, 5.74) is 7.39. The molecule has 1 aliphatic heterocycles. The molecule has 1 aromatic rings. The van der Waals surface area contributed by atoms with E-state index in [1.54, 1.807) is 9.58 Å². The number of aryl methyl sites for hydroxylation is 2. The van der Waals surface area contributed by atoms with Gasteiger partial charge in [-0.05, 0) is 53.5 Å². The van der Waals surface area contributed by atoms with Crippen LogP contribution in [-0.4, -0.2) is 46.0 Å². The van der Waals surface area contributed by atoms with E-state index in [0.29, 0.717) is 24.8 Å². The van der Waals surface area contributed by atoms with Crippen LogP contribution < -0.4 is 5.73 Å². The van der Waals surface area contributed by atoms with Gasteiger partial charge in [-0.2, -0.15) is 5.10 Å². The number of nitrogens with zero attached hydrogens (tertiary/aromatic N) is 3. The standard InChI is InChI=1S/C17H29ClN4O2/c1-12-13(14(18)21(5)20-12)9-17(10-19)7-6-8-22(11-17)15(23)24-16(2,3)4/h6-11,19H2,1-5H3. The number of ether oxygens (including phenoxy) is 1. The third kappa shape index (κ3) is 4.22. The van der Waals surface area contributed by atoms with Crippen LogP contribution in [0.5, 0.6) is 0 Å². The summed E-state index contributed by atoms with van der Waals surface area (Å²) in [7, 11) is 1.84. The van der Waals surface area contributed by atoms with Crippen LogP contribution in [0, 0.1) is 12.3 Å². The first-order valence-electron chi connectivity index (χ1n) is 8.43. The van der Waals surface area contributed by atoms with Crippen LogP contribution in [0.1, 0.15) is 44.9 Å². The number of piperidine rings is 1. The molecular weight excluding hydrogens is 328 g/mol. The van der Waals surface area contributed by atoms with E-state index in [-0.39, 0.29) is 11.5 Å². The fourth-order valence-electron chi connectivity index (χ4n) is 3.32. The Morgan fingerprint density at radius 2 is 2.12 bits per heavy atom. The lowest BCUT2D eigenvalue weighted by molar-refractivity contribution is 0.00531. The minimum absolute atomic E-state index is 0.188. The zero-order valence-electron chi connectivity index (χ0n) is 15.4. The first kappa shape index (κ1) is 19.1. The second-order valence-corrected chi connectivity index (χ2v) is 8.22. The van der Waals surface area contributed by atoms with Crippen LogP contribution in [0.4, 0.5) is 4.79 Å². The summed E-state index contributed by atoms with van der Waals surface area (Å²) in [5.74, 6) is 0. The second-order valence-electron chi connectivity index (χ2n) is 7.86. The van der Waals surface area contributed by atoms with Gasteiger partial charge in [-0.25, -0.2) is 4.79 Å². The van der Waals surface area contributed by atoms with Gasteiger partial charge in [0.05, 0.1) is 5.69 Å². The lowest BCUT2D eigenvalue weighted by Crippen LogP contribution is -2.51. The number of halogens is 1. The molecule has 7 heteroatoms. The van der Waals surface area contributed by atoms with E-state index in [2.05, 4.69) is 5.10 Å². The van der Waals surface area contributed by atoms with Crippen LogP contribution in [-0.2, 0) is 18.2 Å². The van der Waals surface area contributed by atoms with E-state index in [1.807, 2.05) is 34.7 Å². The highest BCUT2D eigenvalue weighted by atomic mass is 35.5. The van der Waals surface area contributed by atoms with Crippen LogP contribution in [0.25, 0.3) is 0 Å². The SMILES string of the molecule is Cc1nn(C)c(Cl)c1CC1(CN)CCCN(C(=O)OC(C)(C)C)C1. The van der Waals surface area contributed by atoms with Gasteiger partial charge in [-0.1, -0.05) is 11.6 Å². The average Bonchev–Trinajstić information content (AvgIpc) is 2.72. The van der Waals surface area contributed by atoms with Gasteiger partial charge in [0.25, 0.3) is 0 Å². The molecule has 1 atom stereocenters. The predicted molar refractivity (Wildman–Crippen MR) is 95.2 cm³/mol. The molecule has 2 N–H and O–H groups in total. The van der Waals surface area contributed by atoms with Crippen molar-refractivity contribution in [2.75, 3.05) is 19.6 Å². The van der Waals surface area contributed by atoms with Crippen molar-refractivity contribution in [3.05, 3.63) is 16.4 Å². The molecule has 0 aliphatic carbocycles. The number of likely N-dealkylation sites (tertiary alicyclic amines) is 1. The quantitative estimate of drug-likeness (QED) is 0.903. The van der Waals surface area contributed by atoms with Gasteiger partial charge in [0.1, 0.15) is 10.8 Å². The maximum Gasteiger partial charge on any atom is 0.410 e. The lowest BCUT2D eigenvalue weighted by Gasteiger charge is -2.42. The molecule has 24 heavy (non-hydrogen) atoms. The van der Waals surface area contributed by atoms with Gasteiger partial charge >= 0.3 is 6.09 Å². The first-order valence-corrected chi connectivity index (χ1v) is 8.81. The molecule has 0 radical (unpaired) electrons. The van der Waals surface area contributed by atoms with Gasteiger partial charge in [-0.3, -0.25) is 4.68 Å². The van der Waals surface area contributed by atoms with Gasteiger partial charge < -0.3 is 15.4 Å². The molecule has 0 saturated carbocycles. The highest BCUT2D eigenvalue weighted by Crippen LogP contribution is 2.36. The molecule has 136 valence electrons. The zero-order valence-corrected chi connectivity index (χ0v) is 16.1. The average molecular weight is 357 g/mol. The Kier molecular flexibility index (Phi) is 5.50. The summed E-state index contributed by atoms with van der Waals surface area (Å²) in [6.07, 6.45) is 2.33. The van der Waals surface area contributed by atoms with Gasteiger partial charge in [0, 0.05) is 31.1 Å². The van der Waals surface area contributed by atoms with E-state index >= 15 is 0 Å². The number of amides is 1. The predicted octanol–water partition coefficient (Wildman–Crippen LogP) is 2.90. The van der Waals surface area contributed by atoms with Crippen molar-refractivity contribution in [3.8, 4) is 0 Å². The maximum atomic E-state index is 12.4. The molecule has 0 aromatic carbocycles. The summed E-state index contributed by atoms with van der Waals surface area (Å²) in [5, 5.41) is 5.03. The minimum atomic E-state index is -0.497. The van der Waals surface area contributed by atoms with Crippen molar-refractivity contribution in [1.29, 1.82) is 0 Å². The van der Waals surface area contributed by atoms with E-state index < -0.39 is 5.60 Å². The molecule has 1 unspecified atom stereocenters. The maximum absolute atomic E-state index is 12.4. The normalized spacial score (nSPS) is 21.9. The number of carbonyl (C=O) groups is 1. The number of hydrogen-bond donors (Lipinski definition) is 1. The Labute approximate surface area is 149 Å². The monoisotopic (exact) mass is 356 g/mol. The summed E-state index contributed by atoms with van der Waals surface area (Å²) >= 11 is 6.39. The topological polar surface area (TPSA) is 73.4 Å². The molecule has 1 aliphatic rings. The molecular formula is C17H29ClN4O2. The van der Waals surface area contributed by atoms with Crippen LogP contribution in [0.3, 0.4) is 0 Å². The van der Waals surface area contributed by atoms with E-state index in [4.69, 9.17) is 22.1 Å². The summed E-state index contributed by atoms with van der Waals surface area (Å²) in [4.78, 5) is 14.2. The summed E-state index contributed by atoms with van der Waals surface area (Å²) in [6, 6.07) is 0. The Bertz CT molecular complexity index is 608. The number of rotatable bonds is 3. The highest BCUT2D eigenvalue weighted by molar-refractivity contribution is 6.30. The molecule has 0 spiro atoms. The Morgan fingerprint density at radius 3 is 2.62 bits per heavy atom. The molecule has 1 aromatic heterocycles. The Morgan fingerprint density at radius 1 is 1.46 bits per heavy atom. The third-order valence-corrected chi connectivity index (χ3v) is 5.04. The number of carbonyl (C=O) groups excluding carboxylic acids is 1. The fourth-order valence-corrected chi connectivity index (χ4v) is 3.56. The lowest BCUT2D eigenvalue weighted by atomic mass is 9.75. The van der Waals surface area contributed by atoms with E-state index in [0.717, 1.165) is 30.5 Å². The van der Waals surface area contributed by atoms with Gasteiger partial charge in [0.2, 0.25) is 0 Å². The summed E-state index contributed by atoms with van der Waals surface area (Å²) in [6.45, 7) is 9.38. The van der Waals surface area contributed by atoms with Crippen molar-refractivity contribution < 1.29 is 9.53 Å². The molecule has 2 rings (SSSR count). The third-order valence-electron chi connectivity index (χ3n) is 4.57. The molecule has 0 bridgehead atoms. The molecule has 1 amide bonds.